The molecule has 63 heavy (non-hydrogen) atoms. The van der Waals surface area contributed by atoms with E-state index in [4.69, 9.17) is 9.16 Å². The van der Waals surface area contributed by atoms with Crippen molar-refractivity contribution in [2.45, 2.75) is 128 Å². The number of ketones is 1. The van der Waals surface area contributed by atoms with Gasteiger partial charge in [-0.25, -0.2) is 0 Å². The smallest absolute Gasteiger partial charge is 0.262 e. The van der Waals surface area contributed by atoms with E-state index in [2.05, 4.69) is 61.0 Å². The summed E-state index contributed by atoms with van der Waals surface area (Å²) in [5.41, 5.74) is 1.65. The molecule has 5 atom stereocenters. The van der Waals surface area contributed by atoms with E-state index in [9.17, 15) is 24.0 Å². The first-order valence-electron chi connectivity index (χ1n) is 22.6. The lowest BCUT2D eigenvalue weighted by Gasteiger charge is -2.44. The molecule has 0 spiro atoms. The first-order chi connectivity index (χ1) is 30.3. The van der Waals surface area contributed by atoms with E-state index in [0.717, 1.165) is 21.5 Å². The summed E-state index contributed by atoms with van der Waals surface area (Å²) in [4.78, 5) is 72.1. The average molecular weight is 873 g/mol. The van der Waals surface area contributed by atoms with Crippen LogP contribution in [-0.4, -0.2) is 86.1 Å². The first-order valence-corrected chi connectivity index (χ1v) is 24.5. The van der Waals surface area contributed by atoms with Crippen molar-refractivity contribution >= 4 is 48.1 Å². The molecule has 4 amide bonds. The highest BCUT2D eigenvalue weighted by atomic mass is 28.4. The zero-order valence-electron chi connectivity index (χ0n) is 37.4. The number of amides is 4. The normalized spacial score (nSPS) is 20.4. The molecule has 12 heteroatoms. The molecule has 2 heterocycles. The fourth-order valence-electron chi connectivity index (χ4n) is 9.02. The molecule has 0 radical (unpaired) electrons. The molecule has 6 rings (SSSR count). The molecule has 0 aromatic heterocycles. The number of hydrogen-bond donors (Lipinski definition) is 3. The summed E-state index contributed by atoms with van der Waals surface area (Å²) in [6.45, 7) is 11.2. The van der Waals surface area contributed by atoms with E-state index >= 15 is 0 Å². The van der Waals surface area contributed by atoms with Gasteiger partial charge in [0.05, 0.1) is 6.61 Å². The van der Waals surface area contributed by atoms with Crippen molar-refractivity contribution < 1.29 is 33.1 Å². The molecule has 2 aliphatic rings. The molecular weight excluding hydrogens is 809 g/mol. The van der Waals surface area contributed by atoms with Crippen LogP contribution in [0.1, 0.15) is 90.7 Å². The summed E-state index contributed by atoms with van der Waals surface area (Å²) >= 11 is 0. The Morgan fingerprint density at radius 3 is 1.84 bits per heavy atom. The van der Waals surface area contributed by atoms with Gasteiger partial charge in [-0.2, -0.15) is 0 Å². The standard InChI is InChI=1S/C51H64N4O7Si/c1-6-61-39-31-29-38(30-32-39)34-43-48(58)54-44(35-37-20-11-7-12-21-37)50(60)55-33-19-27-45(55)49(59)52-42(47(57)53-43)26-17-10-18-28-46(56)36(2)62-63(51(3,4)5,40-22-13-8-14-23-40)41-24-15-9-16-25-41/h7-9,11-16,20-25,29-32,36,42-45H,6,10,17-19,26-28,33-35H2,1-5H3,(H,52,59)(H,53,57)(H,54,58)/t36-,42+,43-,44+,45-/m1/s1. The highest BCUT2D eigenvalue weighted by molar-refractivity contribution is 6.99. The predicted molar refractivity (Wildman–Crippen MR) is 248 cm³/mol. The van der Waals surface area contributed by atoms with Crippen LogP contribution in [0.3, 0.4) is 0 Å². The number of carbonyl (C=O) groups excluding carboxylic acids is 5. The highest BCUT2D eigenvalue weighted by Crippen LogP contribution is 2.37. The van der Waals surface area contributed by atoms with Crippen molar-refractivity contribution in [3.05, 3.63) is 126 Å². The second-order valence-electron chi connectivity index (χ2n) is 17.8. The van der Waals surface area contributed by atoms with Gasteiger partial charge in [-0.1, -0.05) is 137 Å². The van der Waals surface area contributed by atoms with Gasteiger partial charge >= 0.3 is 0 Å². The molecular formula is C51H64N4O7Si. The van der Waals surface area contributed by atoms with Crippen LogP contribution in [0.15, 0.2) is 115 Å². The number of fused-ring (bicyclic) bond motifs is 1. The molecule has 2 saturated heterocycles. The Morgan fingerprint density at radius 1 is 0.698 bits per heavy atom. The topological polar surface area (TPSA) is 143 Å². The summed E-state index contributed by atoms with van der Waals surface area (Å²) in [6.07, 6.45) is 3.15. The largest absolute Gasteiger partial charge is 0.494 e. The Balaban J connectivity index is 1.15. The van der Waals surface area contributed by atoms with Crippen molar-refractivity contribution in [1.29, 1.82) is 0 Å². The minimum Gasteiger partial charge on any atom is -0.494 e. The predicted octanol–water partition coefficient (Wildman–Crippen LogP) is 5.81. The highest BCUT2D eigenvalue weighted by Gasteiger charge is 2.51. The average Bonchev–Trinajstić information content (AvgIpc) is 3.78. The zero-order valence-corrected chi connectivity index (χ0v) is 38.4. The number of carbonyl (C=O) groups is 5. The number of rotatable bonds is 17. The molecule has 0 bridgehead atoms. The maximum Gasteiger partial charge on any atom is 0.262 e. The maximum atomic E-state index is 14.3. The van der Waals surface area contributed by atoms with E-state index in [1.54, 1.807) is 4.90 Å². The third-order valence-corrected chi connectivity index (χ3v) is 17.4. The summed E-state index contributed by atoms with van der Waals surface area (Å²) < 4.78 is 12.7. The molecule has 4 aromatic rings. The molecule has 3 N–H and O–H groups in total. The van der Waals surface area contributed by atoms with Crippen LogP contribution in [-0.2, 0) is 41.2 Å². The van der Waals surface area contributed by atoms with Gasteiger partial charge in [-0.15, -0.1) is 0 Å². The minimum atomic E-state index is -2.93. The Kier molecular flexibility index (Phi) is 16.1. The number of nitrogens with zero attached hydrogens (tertiary/aromatic N) is 1. The van der Waals surface area contributed by atoms with E-state index < -0.39 is 50.4 Å². The molecule has 0 saturated carbocycles. The maximum absolute atomic E-state index is 14.3. The van der Waals surface area contributed by atoms with Crippen molar-refractivity contribution in [2.24, 2.45) is 0 Å². The van der Waals surface area contributed by atoms with E-state index in [0.29, 0.717) is 57.4 Å². The van der Waals surface area contributed by atoms with Crippen LogP contribution >= 0.6 is 0 Å². The van der Waals surface area contributed by atoms with Crippen LogP contribution in [0.25, 0.3) is 0 Å². The summed E-state index contributed by atoms with van der Waals surface area (Å²) in [7, 11) is -2.93. The molecule has 334 valence electrons. The number of nitrogens with one attached hydrogen (secondary N) is 3. The van der Waals surface area contributed by atoms with Gasteiger partial charge in [0.25, 0.3) is 8.32 Å². The fourth-order valence-corrected chi connectivity index (χ4v) is 13.7. The van der Waals surface area contributed by atoms with Crippen LogP contribution in [0.2, 0.25) is 5.04 Å². The first kappa shape index (κ1) is 46.9. The number of benzene rings is 4. The number of unbranched alkanes of at least 4 members (excludes halogenated alkanes) is 2. The molecule has 0 aliphatic carbocycles. The number of hydrogen-bond acceptors (Lipinski definition) is 7. The Hall–Kier alpha value is -5.59. The minimum absolute atomic E-state index is 0.0137. The molecule has 11 nitrogen and oxygen atoms in total. The van der Waals surface area contributed by atoms with Crippen molar-refractivity contribution in [3.63, 3.8) is 0 Å². The van der Waals surface area contributed by atoms with Gasteiger partial charge < -0.3 is 30.0 Å². The molecule has 0 unspecified atom stereocenters. The molecule has 2 aliphatic heterocycles. The van der Waals surface area contributed by atoms with Crippen LogP contribution < -0.4 is 31.1 Å². The lowest BCUT2D eigenvalue weighted by atomic mass is 9.99. The van der Waals surface area contributed by atoms with Gasteiger partial charge in [0.15, 0.2) is 5.78 Å². The lowest BCUT2D eigenvalue weighted by molar-refractivity contribution is -0.143. The van der Waals surface area contributed by atoms with E-state index in [1.807, 2.05) is 105 Å². The van der Waals surface area contributed by atoms with E-state index in [-0.39, 0.29) is 41.9 Å². The fraction of sp³-hybridized carbons (Fsp3) is 0.431. The van der Waals surface area contributed by atoms with E-state index in [1.165, 1.54) is 0 Å². The van der Waals surface area contributed by atoms with Crippen LogP contribution in [0, 0.1) is 0 Å². The van der Waals surface area contributed by atoms with Crippen LogP contribution in [0.5, 0.6) is 5.75 Å². The second kappa shape index (κ2) is 21.7. The third kappa shape index (κ3) is 11.7. The SMILES string of the molecule is CCOc1ccc(C[C@H]2NC(=O)[C@H](CCCCCC(=O)[C@@H](C)O[Si](c3ccccc3)(c3ccccc3)C(C)(C)C)NC(=O)[C@H]3CCCN3C(=O)[C@H](Cc3ccccc3)NC2=O)cc1. The van der Waals surface area contributed by atoms with Gasteiger partial charge in [0.2, 0.25) is 23.6 Å². The van der Waals surface area contributed by atoms with Crippen molar-refractivity contribution in [2.75, 3.05) is 13.2 Å². The van der Waals surface area contributed by atoms with Crippen molar-refractivity contribution in [3.8, 4) is 5.75 Å². The Bertz CT molecular complexity index is 2110. The Labute approximate surface area is 373 Å². The van der Waals surface area contributed by atoms with Crippen molar-refractivity contribution in [1.82, 2.24) is 20.9 Å². The number of Topliss-reactive ketones (excluding diaryl/α,β-unsaturated/α-hetero) is 1. The summed E-state index contributed by atoms with van der Waals surface area (Å²) in [5, 5.41) is 10.8. The number of ether oxygens (including phenoxy) is 1. The van der Waals surface area contributed by atoms with Gasteiger partial charge in [-0.05, 0) is 78.2 Å². The van der Waals surface area contributed by atoms with Gasteiger partial charge in [0.1, 0.15) is 36.0 Å². The summed E-state index contributed by atoms with van der Waals surface area (Å²) in [5.74, 6) is -0.980. The quantitative estimate of drug-likeness (QED) is 0.0898. The van der Waals surface area contributed by atoms with Crippen LogP contribution in [0.4, 0.5) is 0 Å². The monoisotopic (exact) mass is 872 g/mol. The molecule has 4 aromatic carbocycles. The second-order valence-corrected chi connectivity index (χ2v) is 22.1. The zero-order chi connectivity index (χ0) is 45.0. The Morgan fingerprint density at radius 2 is 1.24 bits per heavy atom. The lowest BCUT2D eigenvalue weighted by Crippen LogP contribution is -2.68. The van der Waals surface area contributed by atoms with Gasteiger partial charge in [0, 0.05) is 25.8 Å². The third-order valence-electron chi connectivity index (χ3n) is 12.3. The molecule has 2 fully saturated rings. The van der Waals surface area contributed by atoms with Gasteiger partial charge in [-0.3, -0.25) is 24.0 Å². The summed E-state index contributed by atoms with van der Waals surface area (Å²) in [6, 6.07) is 33.6.